The molecule has 4 aromatic carbocycles. The normalized spacial score (nSPS) is 21.1. The van der Waals surface area contributed by atoms with Crippen LogP contribution in [0.25, 0.3) is 0 Å². The molecule has 0 radical (unpaired) electrons. The van der Waals surface area contributed by atoms with Crippen molar-refractivity contribution < 1.29 is 35.9 Å². The highest BCUT2D eigenvalue weighted by Gasteiger charge is 2.39. The molecule has 0 aromatic heterocycles. The number of carbonyl (C=O) groups excluding carboxylic acids is 2. The molecule has 254 valence electrons. The summed E-state index contributed by atoms with van der Waals surface area (Å²) in [7, 11) is 0. The minimum absolute atomic E-state index is 0.148. The molecule has 0 saturated carbocycles. The summed E-state index contributed by atoms with van der Waals surface area (Å²) in [6.45, 7) is 1.38. The van der Waals surface area contributed by atoms with Crippen molar-refractivity contribution in [2.24, 2.45) is 5.73 Å². The fourth-order valence-corrected chi connectivity index (χ4v) is 7.09. The zero-order chi connectivity index (χ0) is 34.7. The number of para-hydroxylation sites is 2. The minimum atomic E-state index is -4.38. The summed E-state index contributed by atoms with van der Waals surface area (Å²) in [6.07, 6.45) is -7.12. The molecular weight excluding hydrogens is 648 g/mol. The molecule has 3 atom stereocenters. The molecule has 8 rings (SSSR count). The first-order valence-corrected chi connectivity index (χ1v) is 15.8. The van der Waals surface area contributed by atoms with Crippen molar-refractivity contribution in [1.29, 1.82) is 0 Å². The average molecular weight is 680 g/mol. The smallest absolute Gasteiger partial charge is 0.347 e. The summed E-state index contributed by atoms with van der Waals surface area (Å²) < 4.78 is 76.6. The Morgan fingerprint density at radius 2 is 1.12 bits per heavy atom. The summed E-state index contributed by atoms with van der Waals surface area (Å²) in [5.74, 6) is -0.429. The van der Waals surface area contributed by atoms with Crippen molar-refractivity contribution in [3.8, 4) is 0 Å². The molecular formula is C36H31F6N5O2. The monoisotopic (exact) mass is 679 g/mol. The molecule has 2 amide bonds. The number of alkyl halides is 6. The number of nitrogens with zero attached hydrogens (tertiary/aromatic N) is 2. The zero-order valence-electron chi connectivity index (χ0n) is 25.9. The van der Waals surface area contributed by atoms with E-state index in [0.29, 0.717) is 35.2 Å². The van der Waals surface area contributed by atoms with Gasteiger partial charge in [0.15, 0.2) is 0 Å². The van der Waals surface area contributed by atoms with Gasteiger partial charge in [-0.15, -0.1) is 0 Å². The Morgan fingerprint density at radius 1 is 0.633 bits per heavy atom. The first kappa shape index (κ1) is 32.5. The average Bonchev–Trinajstić information content (AvgIpc) is 3.08. The highest BCUT2D eigenvalue weighted by atomic mass is 19.4. The van der Waals surface area contributed by atoms with Crippen molar-refractivity contribution in [1.82, 2.24) is 10.6 Å². The molecule has 4 heterocycles. The van der Waals surface area contributed by atoms with E-state index in [-0.39, 0.29) is 17.9 Å². The number of nitrogens with two attached hydrogens (primary N) is 1. The first-order valence-electron chi connectivity index (χ1n) is 15.8. The van der Waals surface area contributed by atoms with Crippen LogP contribution >= 0.6 is 0 Å². The van der Waals surface area contributed by atoms with Gasteiger partial charge in [0.2, 0.25) is 0 Å². The van der Waals surface area contributed by atoms with Gasteiger partial charge in [-0.2, -0.15) is 26.3 Å². The Hall–Kier alpha value is -5.04. The van der Waals surface area contributed by atoms with Gasteiger partial charge in [0.25, 0.3) is 11.8 Å². The number of amides is 2. The number of nitrogens with one attached hydrogen (secondary N) is 2. The van der Waals surface area contributed by atoms with Crippen molar-refractivity contribution >= 4 is 23.2 Å². The highest BCUT2D eigenvalue weighted by Crippen LogP contribution is 2.43. The number of halogens is 6. The number of hydrogen-bond acceptors (Lipinski definition) is 5. The molecule has 0 unspecified atom stereocenters. The molecule has 13 heteroatoms. The van der Waals surface area contributed by atoms with Crippen LogP contribution in [0.5, 0.6) is 0 Å². The molecule has 49 heavy (non-hydrogen) atoms. The summed E-state index contributed by atoms with van der Waals surface area (Å²) >= 11 is 0. The van der Waals surface area contributed by atoms with Gasteiger partial charge in [0.1, 0.15) is 12.3 Å². The van der Waals surface area contributed by atoms with Gasteiger partial charge in [-0.25, -0.2) is 0 Å². The number of hydrogen-bond donors (Lipinski definition) is 3. The maximum absolute atomic E-state index is 12.8. The predicted octanol–water partition coefficient (Wildman–Crippen LogP) is 7.26. The topological polar surface area (TPSA) is 90.7 Å². The summed E-state index contributed by atoms with van der Waals surface area (Å²) in [5, 5.41) is 5.80. The van der Waals surface area contributed by atoms with E-state index >= 15 is 0 Å². The van der Waals surface area contributed by atoms with Gasteiger partial charge in [-0.1, -0.05) is 48.5 Å². The van der Waals surface area contributed by atoms with E-state index in [1.165, 1.54) is 24.3 Å². The van der Waals surface area contributed by atoms with Gasteiger partial charge in [-0.3, -0.25) is 9.59 Å². The lowest BCUT2D eigenvalue weighted by molar-refractivity contribution is -0.138. The van der Waals surface area contributed by atoms with Crippen molar-refractivity contribution in [2.75, 3.05) is 22.9 Å². The van der Waals surface area contributed by atoms with Crippen LogP contribution in [0.4, 0.5) is 37.7 Å². The lowest BCUT2D eigenvalue weighted by Crippen LogP contribution is -2.49. The lowest BCUT2D eigenvalue weighted by atomic mass is 9.90. The number of aryl methyl sites for hydroxylation is 1. The second kappa shape index (κ2) is 12.1. The third kappa shape index (κ3) is 5.96. The number of rotatable bonds is 2. The summed E-state index contributed by atoms with van der Waals surface area (Å²) in [5.41, 5.74) is 10.9. The number of carbonyl (C=O) groups is 2. The molecule has 0 bridgehead atoms. The highest BCUT2D eigenvalue weighted by molar-refractivity contribution is 6.03. The molecule has 4 N–H and O–H groups in total. The third-order valence-corrected chi connectivity index (χ3v) is 9.44. The van der Waals surface area contributed by atoms with Crippen LogP contribution in [0.2, 0.25) is 0 Å². The van der Waals surface area contributed by atoms with Gasteiger partial charge in [-0.05, 0) is 77.9 Å². The number of anilines is 2. The van der Waals surface area contributed by atoms with E-state index in [1.807, 2.05) is 23.1 Å². The zero-order valence-corrected chi connectivity index (χ0v) is 25.9. The Kier molecular flexibility index (Phi) is 8.05. The Morgan fingerprint density at radius 3 is 1.65 bits per heavy atom. The van der Waals surface area contributed by atoms with Crippen molar-refractivity contribution in [3.63, 3.8) is 0 Å². The molecule has 4 aromatic rings. The largest absolute Gasteiger partial charge is 0.416 e. The van der Waals surface area contributed by atoms with Crippen LogP contribution in [0.3, 0.4) is 0 Å². The van der Waals surface area contributed by atoms with Crippen LogP contribution in [0.15, 0.2) is 84.9 Å². The molecule has 0 saturated heterocycles. The maximum Gasteiger partial charge on any atom is 0.416 e. The van der Waals surface area contributed by atoms with E-state index in [0.717, 1.165) is 66.2 Å². The molecule has 4 aliphatic rings. The summed E-state index contributed by atoms with van der Waals surface area (Å²) in [6, 6.07) is 20.9. The van der Waals surface area contributed by atoms with E-state index in [2.05, 4.69) is 15.5 Å². The van der Waals surface area contributed by atoms with E-state index in [9.17, 15) is 35.9 Å². The Labute approximate surface area is 277 Å². The lowest BCUT2D eigenvalue weighted by Gasteiger charge is -2.44. The quantitative estimate of drug-likeness (QED) is 0.194. The minimum Gasteiger partial charge on any atom is -0.347 e. The van der Waals surface area contributed by atoms with E-state index in [1.54, 1.807) is 18.2 Å². The van der Waals surface area contributed by atoms with Crippen molar-refractivity contribution in [2.45, 2.75) is 50.0 Å². The van der Waals surface area contributed by atoms with Crippen LogP contribution in [0.1, 0.15) is 85.3 Å². The predicted molar refractivity (Wildman–Crippen MR) is 171 cm³/mol. The van der Waals surface area contributed by atoms with Gasteiger partial charge < -0.3 is 26.2 Å². The van der Waals surface area contributed by atoms with E-state index in [4.69, 9.17) is 5.73 Å². The molecule has 0 fully saturated rings. The number of benzene rings is 4. The first-order chi connectivity index (χ1) is 23.3. The van der Waals surface area contributed by atoms with Gasteiger partial charge in [0.05, 0.1) is 33.6 Å². The van der Waals surface area contributed by atoms with Crippen LogP contribution in [-0.2, 0) is 18.8 Å². The fraction of sp³-hybridized carbons (Fsp3) is 0.278. The third-order valence-electron chi connectivity index (χ3n) is 9.44. The Bertz CT molecular complexity index is 1910. The molecule has 7 nitrogen and oxygen atoms in total. The summed E-state index contributed by atoms with van der Waals surface area (Å²) in [4.78, 5) is 29.0. The molecule has 0 spiro atoms. The van der Waals surface area contributed by atoms with Crippen LogP contribution < -0.4 is 26.2 Å². The standard InChI is InChI=1S/C18H16F3N3O.C18H15F3N2O/c19-18(20,21)11-6-4-10(5-7-11)16-23-17(25)13-3-1-2-12-14(22)8-9-24(16)15(12)13;19-18(20,21)13-8-6-12(7-9-13)16-22-17(24)14-5-1-3-11-4-2-10-23(16)15(11)14/h1-7,14,16H,8-9,22H2,(H,23,25);1,3,5-9,16H,2,4,10H2,(H,22,24)/t14-,16-;16-/m01/s1. The van der Waals surface area contributed by atoms with Crippen LogP contribution in [-0.4, -0.2) is 24.9 Å². The van der Waals surface area contributed by atoms with Gasteiger partial charge in [0, 0.05) is 19.1 Å². The second-order valence-electron chi connectivity index (χ2n) is 12.4. The van der Waals surface area contributed by atoms with Crippen LogP contribution in [0, 0.1) is 0 Å². The fourth-order valence-electron chi connectivity index (χ4n) is 7.09. The molecule has 0 aliphatic carbocycles. The molecule has 4 aliphatic heterocycles. The maximum atomic E-state index is 12.8. The van der Waals surface area contributed by atoms with E-state index < -0.39 is 35.8 Å². The van der Waals surface area contributed by atoms with Crippen molar-refractivity contribution in [3.05, 3.63) is 129 Å². The Balaban J connectivity index is 0.000000154. The van der Waals surface area contributed by atoms with Gasteiger partial charge >= 0.3 is 12.4 Å². The SMILES string of the molecule is N[C@H]1CCN2c3c(cccc31)C(=O)N[C@@H]2c1ccc(C(F)(F)F)cc1.O=C1N[C@@H](c2ccc(C(F)(F)F)cc2)N2CCCc3cccc1c32. The second-order valence-corrected chi connectivity index (χ2v) is 12.4.